The minimum absolute atomic E-state index is 0.0896. The maximum atomic E-state index is 13.3. The maximum Gasteiger partial charge on any atom is 0.416 e. The van der Waals surface area contributed by atoms with Crippen LogP contribution in [0.25, 0.3) is 5.76 Å². The van der Waals surface area contributed by atoms with Gasteiger partial charge in [0.15, 0.2) is 0 Å². The molecule has 0 saturated carbocycles. The van der Waals surface area contributed by atoms with Gasteiger partial charge in [-0.05, 0) is 76.1 Å². The zero-order valence-corrected chi connectivity index (χ0v) is 21.6. The van der Waals surface area contributed by atoms with Gasteiger partial charge in [0.05, 0.1) is 28.8 Å². The van der Waals surface area contributed by atoms with E-state index in [1.807, 2.05) is 19.0 Å². The highest BCUT2D eigenvalue weighted by Crippen LogP contribution is 2.43. The number of carbonyl (C=O) groups is 2. The Morgan fingerprint density at radius 2 is 1.62 bits per heavy atom. The van der Waals surface area contributed by atoms with Crippen LogP contribution in [-0.2, 0) is 15.8 Å². The van der Waals surface area contributed by atoms with Crippen LogP contribution in [0.4, 0.5) is 24.5 Å². The molecule has 1 aliphatic heterocycles. The van der Waals surface area contributed by atoms with Crippen LogP contribution in [-0.4, -0.2) is 38.0 Å². The number of Topliss-reactive ketones (excluding diaryl/α,β-unsaturated/α-hetero) is 1. The number of ether oxygens (including phenoxy) is 1. The molecule has 1 heterocycles. The predicted molar refractivity (Wildman–Crippen MR) is 138 cm³/mol. The van der Waals surface area contributed by atoms with Crippen LogP contribution in [0.2, 0.25) is 0 Å². The van der Waals surface area contributed by atoms with Crippen LogP contribution in [0.5, 0.6) is 5.75 Å². The number of carbonyl (C=O) groups excluding carboxylic acids is 2. The number of ketones is 1. The van der Waals surface area contributed by atoms with Crippen LogP contribution in [0.3, 0.4) is 0 Å². The summed E-state index contributed by atoms with van der Waals surface area (Å²) in [5.74, 6) is -1.84. The number of benzene rings is 3. The molecule has 4 rings (SSSR count). The Labute approximate surface area is 219 Å². The second kappa shape index (κ2) is 9.93. The van der Waals surface area contributed by atoms with Crippen LogP contribution >= 0.6 is 15.9 Å². The number of hydrogen-bond donors (Lipinski definition) is 1. The summed E-state index contributed by atoms with van der Waals surface area (Å²) < 4.78 is 45.1. The van der Waals surface area contributed by atoms with Gasteiger partial charge in [-0.15, -0.1) is 0 Å². The first kappa shape index (κ1) is 26.3. The number of aliphatic hydroxyl groups is 1. The van der Waals surface area contributed by atoms with Crippen LogP contribution in [0, 0.1) is 0 Å². The second-order valence-corrected chi connectivity index (χ2v) is 9.40. The molecule has 37 heavy (non-hydrogen) atoms. The number of anilines is 2. The lowest BCUT2D eigenvalue weighted by atomic mass is 9.94. The first-order valence-corrected chi connectivity index (χ1v) is 11.8. The SMILES string of the molecule is COc1ccc(/C(O)=C2/C(=O)C(=O)N(c3ccc(C(F)(F)F)cc3)C2c2ccc(N(C)C)cc2)cc1Br. The first-order chi connectivity index (χ1) is 17.4. The molecule has 6 nitrogen and oxygen atoms in total. The third-order valence-electron chi connectivity index (χ3n) is 6.07. The van der Waals surface area contributed by atoms with Gasteiger partial charge in [0, 0.05) is 31.0 Å². The normalized spacial score (nSPS) is 17.3. The Morgan fingerprint density at radius 3 is 2.14 bits per heavy atom. The van der Waals surface area contributed by atoms with E-state index in [9.17, 15) is 27.9 Å². The average Bonchev–Trinajstić information content (AvgIpc) is 3.13. The lowest BCUT2D eigenvalue weighted by molar-refractivity contribution is -0.137. The largest absolute Gasteiger partial charge is 0.507 e. The molecule has 1 fully saturated rings. The fourth-order valence-electron chi connectivity index (χ4n) is 4.15. The zero-order chi connectivity index (χ0) is 27.1. The molecule has 1 atom stereocenters. The van der Waals surface area contributed by atoms with Crippen molar-refractivity contribution < 1.29 is 32.6 Å². The molecule has 1 N–H and O–H groups in total. The van der Waals surface area contributed by atoms with E-state index in [2.05, 4.69) is 15.9 Å². The smallest absolute Gasteiger partial charge is 0.416 e. The third kappa shape index (κ3) is 4.93. The highest BCUT2D eigenvalue weighted by Gasteiger charge is 2.47. The number of nitrogens with zero attached hydrogens (tertiary/aromatic N) is 2. The van der Waals surface area contributed by atoms with Gasteiger partial charge in [0.2, 0.25) is 0 Å². The van der Waals surface area contributed by atoms with E-state index in [0.29, 0.717) is 15.8 Å². The molecule has 1 saturated heterocycles. The Kier molecular flexibility index (Phi) is 7.05. The molecule has 0 bridgehead atoms. The fraction of sp³-hybridized carbons (Fsp3) is 0.185. The summed E-state index contributed by atoms with van der Waals surface area (Å²) in [4.78, 5) is 29.5. The Balaban J connectivity index is 1.90. The van der Waals surface area contributed by atoms with Crippen LogP contribution < -0.4 is 14.5 Å². The minimum atomic E-state index is -4.56. The number of rotatable bonds is 5. The number of amides is 1. The van der Waals surface area contributed by atoms with Crippen molar-refractivity contribution in [1.29, 1.82) is 0 Å². The zero-order valence-electron chi connectivity index (χ0n) is 20.0. The molecule has 3 aromatic carbocycles. The summed E-state index contributed by atoms with van der Waals surface area (Å²) in [6.07, 6.45) is -4.56. The summed E-state index contributed by atoms with van der Waals surface area (Å²) in [6, 6.07) is 14.6. The highest BCUT2D eigenvalue weighted by atomic mass is 79.9. The van der Waals surface area contributed by atoms with Crippen molar-refractivity contribution in [1.82, 2.24) is 0 Å². The standard InChI is InChI=1S/C27H22BrF3N2O4/c1-32(2)18-9-4-15(5-10-18)23-22(24(34)16-6-13-21(37-3)20(28)14-16)25(35)26(36)33(23)19-11-7-17(8-12-19)27(29,30)31/h4-14,23,34H,1-3H3/b24-22-. The van der Waals surface area contributed by atoms with Gasteiger partial charge in [-0.3, -0.25) is 14.5 Å². The Bertz CT molecular complexity index is 1380. The van der Waals surface area contributed by atoms with Crippen molar-refractivity contribution in [2.24, 2.45) is 0 Å². The van der Waals surface area contributed by atoms with E-state index in [0.717, 1.165) is 34.9 Å². The molecule has 1 amide bonds. The minimum Gasteiger partial charge on any atom is -0.507 e. The van der Waals surface area contributed by atoms with E-state index >= 15 is 0 Å². The molecule has 0 aromatic heterocycles. The molecule has 10 heteroatoms. The van der Waals surface area contributed by atoms with Crippen LogP contribution in [0.15, 0.2) is 76.8 Å². The maximum absolute atomic E-state index is 13.3. The molecule has 0 aliphatic carbocycles. The molecule has 1 unspecified atom stereocenters. The van der Waals surface area contributed by atoms with Gasteiger partial charge in [0.25, 0.3) is 11.7 Å². The Morgan fingerprint density at radius 1 is 1.00 bits per heavy atom. The average molecular weight is 575 g/mol. The van der Waals surface area contributed by atoms with E-state index < -0.39 is 35.2 Å². The molecule has 1 aliphatic rings. The summed E-state index contributed by atoms with van der Waals surface area (Å²) in [7, 11) is 5.18. The second-order valence-electron chi connectivity index (χ2n) is 8.55. The number of methoxy groups -OCH3 is 1. The molecule has 192 valence electrons. The molecule has 3 aromatic rings. The van der Waals surface area contributed by atoms with Crippen LogP contribution in [0.1, 0.15) is 22.7 Å². The van der Waals surface area contributed by atoms with Crippen molar-refractivity contribution in [3.05, 3.63) is 93.5 Å². The van der Waals surface area contributed by atoms with E-state index in [1.165, 1.54) is 13.2 Å². The van der Waals surface area contributed by atoms with Gasteiger partial charge < -0.3 is 14.7 Å². The van der Waals surface area contributed by atoms with Gasteiger partial charge in [-0.25, -0.2) is 0 Å². The van der Waals surface area contributed by atoms with Crippen molar-refractivity contribution in [3.8, 4) is 5.75 Å². The highest BCUT2D eigenvalue weighted by molar-refractivity contribution is 9.10. The fourth-order valence-corrected chi connectivity index (χ4v) is 4.69. The topological polar surface area (TPSA) is 70.1 Å². The predicted octanol–water partition coefficient (Wildman–Crippen LogP) is 6.17. The van der Waals surface area contributed by atoms with Gasteiger partial charge >= 0.3 is 6.18 Å². The van der Waals surface area contributed by atoms with Crippen molar-refractivity contribution in [3.63, 3.8) is 0 Å². The molecular weight excluding hydrogens is 553 g/mol. The number of hydrogen-bond acceptors (Lipinski definition) is 5. The van der Waals surface area contributed by atoms with E-state index in [-0.39, 0.29) is 16.8 Å². The van der Waals surface area contributed by atoms with E-state index in [1.54, 1.807) is 36.4 Å². The van der Waals surface area contributed by atoms with E-state index in [4.69, 9.17) is 4.74 Å². The molecular formula is C27H22BrF3N2O4. The Hall–Kier alpha value is -3.79. The van der Waals surface area contributed by atoms with Crippen molar-refractivity contribution in [2.75, 3.05) is 31.0 Å². The summed E-state index contributed by atoms with van der Waals surface area (Å²) >= 11 is 3.35. The monoisotopic (exact) mass is 574 g/mol. The van der Waals surface area contributed by atoms with Crippen molar-refractivity contribution >= 4 is 44.8 Å². The van der Waals surface area contributed by atoms with Gasteiger partial charge in [0.1, 0.15) is 11.5 Å². The molecule has 0 radical (unpaired) electrons. The van der Waals surface area contributed by atoms with Gasteiger partial charge in [-0.1, -0.05) is 12.1 Å². The van der Waals surface area contributed by atoms with Crippen molar-refractivity contribution in [2.45, 2.75) is 12.2 Å². The third-order valence-corrected chi connectivity index (χ3v) is 6.69. The lowest BCUT2D eigenvalue weighted by Gasteiger charge is -2.26. The molecule has 0 spiro atoms. The summed E-state index contributed by atoms with van der Waals surface area (Å²) in [5.41, 5.74) is 0.635. The first-order valence-electron chi connectivity index (χ1n) is 11.0. The quantitative estimate of drug-likeness (QED) is 0.224. The number of halogens is 4. The number of alkyl halides is 3. The van der Waals surface area contributed by atoms with Gasteiger partial charge in [-0.2, -0.15) is 13.2 Å². The lowest BCUT2D eigenvalue weighted by Crippen LogP contribution is -2.29. The summed E-state index contributed by atoms with van der Waals surface area (Å²) in [5, 5.41) is 11.2. The summed E-state index contributed by atoms with van der Waals surface area (Å²) in [6.45, 7) is 0. The number of aliphatic hydroxyl groups excluding tert-OH is 1.